The molecular weight excluding hydrogens is 455 g/mol. The monoisotopic (exact) mass is 474 g/mol. The number of hydrogen-bond acceptors (Lipinski definition) is 2. The molecule has 0 fully saturated rings. The fourth-order valence-corrected chi connectivity index (χ4v) is 7.75. The van der Waals surface area contributed by atoms with Gasteiger partial charge in [-0.25, -0.2) is 0 Å². The Hall–Kier alpha value is -4.28. The van der Waals surface area contributed by atoms with Crippen molar-refractivity contribution >= 4 is 78.8 Å². The Labute approximate surface area is 212 Å². The highest BCUT2D eigenvalue weighted by Gasteiger charge is 2.43. The maximum Gasteiger partial charge on any atom is 0.333 e. The second-order valence-corrected chi connectivity index (χ2v) is 10.6. The Bertz CT molecular complexity index is 2020. The molecule has 2 aliphatic rings. The lowest BCUT2D eigenvalue weighted by molar-refractivity contribution is 1.27. The van der Waals surface area contributed by atoms with Gasteiger partial charge in [0.05, 0.1) is 5.69 Å². The number of nitrogens with zero attached hydrogens (tertiary/aromatic N) is 2. The van der Waals surface area contributed by atoms with E-state index < -0.39 is 0 Å². The van der Waals surface area contributed by atoms with E-state index in [0.29, 0.717) is 0 Å². The van der Waals surface area contributed by atoms with Crippen molar-refractivity contribution in [2.45, 2.75) is 0 Å². The van der Waals surface area contributed by atoms with Gasteiger partial charge in [-0.15, -0.1) is 11.3 Å². The molecule has 0 N–H and O–H groups in total. The topological polar surface area (TPSA) is 8.17 Å². The van der Waals surface area contributed by atoms with Crippen LogP contribution in [0.15, 0.2) is 115 Å². The van der Waals surface area contributed by atoms with E-state index in [0.717, 1.165) is 0 Å². The third kappa shape index (κ3) is 2.19. The lowest BCUT2D eigenvalue weighted by atomic mass is 9.46. The van der Waals surface area contributed by atoms with Gasteiger partial charge in [0.15, 0.2) is 0 Å². The maximum atomic E-state index is 2.63. The summed E-state index contributed by atoms with van der Waals surface area (Å²) in [5.74, 6) is 0. The van der Waals surface area contributed by atoms with Crippen LogP contribution in [0.5, 0.6) is 0 Å². The molecule has 5 aromatic carbocycles. The Morgan fingerprint density at radius 2 is 1.44 bits per heavy atom. The third-order valence-corrected chi connectivity index (χ3v) is 9.04. The molecule has 2 nitrogen and oxygen atoms in total. The first-order chi connectivity index (χ1) is 17.9. The van der Waals surface area contributed by atoms with Gasteiger partial charge in [0.1, 0.15) is 0 Å². The summed E-state index contributed by atoms with van der Waals surface area (Å²) < 4.78 is 2.63. The lowest BCUT2D eigenvalue weighted by Crippen LogP contribution is -2.55. The maximum absolute atomic E-state index is 2.63. The molecule has 2 aromatic heterocycles. The number of fused-ring (bicyclic) bond motifs is 9. The van der Waals surface area contributed by atoms with Crippen molar-refractivity contribution in [1.29, 1.82) is 0 Å². The molecule has 0 saturated heterocycles. The van der Waals surface area contributed by atoms with Gasteiger partial charge in [0.25, 0.3) is 0 Å². The van der Waals surface area contributed by atoms with Gasteiger partial charge >= 0.3 is 6.85 Å². The fourth-order valence-electron chi connectivity index (χ4n) is 6.66. The minimum atomic E-state index is 0.147. The molecule has 2 aliphatic heterocycles. The van der Waals surface area contributed by atoms with E-state index in [1.54, 1.807) is 0 Å². The van der Waals surface area contributed by atoms with E-state index in [4.69, 9.17) is 0 Å². The fraction of sp³-hybridized carbons (Fsp3) is 0. The summed E-state index contributed by atoms with van der Waals surface area (Å²) in [7, 11) is 0. The second-order valence-electron chi connectivity index (χ2n) is 9.75. The summed E-state index contributed by atoms with van der Waals surface area (Å²) in [6, 6.07) is 40.0. The van der Waals surface area contributed by atoms with Gasteiger partial charge in [0, 0.05) is 49.0 Å². The van der Waals surface area contributed by atoms with E-state index in [2.05, 4.69) is 124 Å². The van der Waals surface area contributed by atoms with Crippen molar-refractivity contribution in [3.8, 4) is 10.4 Å². The summed E-state index contributed by atoms with van der Waals surface area (Å²) in [5.41, 5.74) is 10.6. The number of hydrogen-bond donors (Lipinski definition) is 0. The average molecular weight is 474 g/mol. The molecule has 9 rings (SSSR count). The molecule has 7 aromatic rings. The molecule has 0 aliphatic carbocycles. The van der Waals surface area contributed by atoms with E-state index >= 15 is 0 Å². The van der Waals surface area contributed by atoms with Crippen LogP contribution in [0.1, 0.15) is 0 Å². The zero-order chi connectivity index (χ0) is 23.4. The number of anilines is 3. The van der Waals surface area contributed by atoms with Crippen LogP contribution in [-0.2, 0) is 0 Å². The summed E-state index contributed by atoms with van der Waals surface area (Å²) in [6.07, 6.45) is 0. The molecule has 4 heteroatoms. The van der Waals surface area contributed by atoms with Crippen LogP contribution in [0, 0.1) is 0 Å². The van der Waals surface area contributed by atoms with Gasteiger partial charge < -0.3 is 9.38 Å². The van der Waals surface area contributed by atoms with E-state index in [-0.39, 0.29) is 6.85 Å². The van der Waals surface area contributed by atoms with Crippen molar-refractivity contribution in [1.82, 2.24) is 4.48 Å². The Balaban J connectivity index is 1.47. The lowest BCUT2D eigenvalue weighted by Gasteiger charge is -2.37. The minimum Gasteiger partial charge on any atom is -0.375 e. The molecule has 0 spiro atoms. The normalized spacial score (nSPS) is 13.4. The molecule has 0 saturated carbocycles. The van der Waals surface area contributed by atoms with E-state index in [1.807, 2.05) is 11.3 Å². The summed E-state index contributed by atoms with van der Waals surface area (Å²) in [5, 5.41) is 7.70. The molecule has 0 unspecified atom stereocenters. The molecule has 166 valence electrons. The van der Waals surface area contributed by atoms with Gasteiger partial charge in [-0.05, 0) is 46.0 Å². The van der Waals surface area contributed by atoms with Gasteiger partial charge in [-0.3, -0.25) is 0 Å². The van der Waals surface area contributed by atoms with Crippen molar-refractivity contribution in [2.75, 3.05) is 4.90 Å². The number of benzene rings is 5. The van der Waals surface area contributed by atoms with Crippen LogP contribution >= 0.6 is 11.3 Å². The predicted molar refractivity (Wildman–Crippen MR) is 155 cm³/mol. The van der Waals surface area contributed by atoms with Crippen LogP contribution in [0.4, 0.5) is 17.1 Å². The first-order valence-corrected chi connectivity index (χ1v) is 13.3. The van der Waals surface area contributed by atoms with Crippen LogP contribution < -0.4 is 15.8 Å². The minimum absolute atomic E-state index is 0.147. The average Bonchev–Trinajstić information content (AvgIpc) is 3.53. The van der Waals surface area contributed by atoms with E-state index in [9.17, 15) is 0 Å². The van der Waals surface area contributed by atoms with Crippen molar-refractivity contribution < 1.29 is 0 Å². The van der Waals surface area contributed by atoms with Gasteiger partial charge in [0.2, 0.25) is 0 Å². The smallest absolute Gasteiger partial charge is 0.333 e. The highest BCUT2D eigenvalue weighted by atomic mass is 32.1. The van der Waals surface area contributed by atoms with Crippen LogP contribution in [-0.4, -0.2) is 11.3 Å². The van der Waals surface area contributed by atoms with Gasteiger partial charge in [-0.2, -0.15) is 0 Å². The van der Waals surface area contributed by atoms with Crippen molar-refractivity contribution in [3.63, 3.8) is 0 Å². The summed E-state index contributed by atoms with van der Waals surface area (Å²) >= 11 is 1.88. The van der Waals surface area contributed by atoms with Crippen molar-refractivity contribution in [2.24, 2.45) is 0 Å². The largest absolute Gasteiger partial charge is 0.375 e. The first-order valence-electron chi connectivity index (χ1n) is 12.4. The number of rotatable bonds is 1. The third-order valence-electron chi connectivity index (χ3n) is 8.03. The Morgan fingerprint density at radius 3 is 2.39 bits per heavy atom. The molecule has 0 bridgehead atoms. The summed E-state index contributed by atoms with van der Waals surface area (Å²) in [4.78, 5) is 3.85. The number of para-hydroxylation sites is 3. The molecule has 0 atom stereocenters. The standard InChI is InChI=1S/C32H19BN2S/c1-2-10-21(11-3-1)34-26-16-7-6-15-25(26)33-30-28(34)19-36-32(30)24-14-8-13-23-29-22-12-5-4-9-20(22)17-18-27(29)35(33)31(23)24/h1-19H. The zero-order valence-electron chi connectivity index (χ0n) is 19.3. The number of thiophene rings is 1. The molecule has 36 heavy (non-hydrogen) atoms. The SMILES string of the molecule is c1ccc(N2c3ccccc3B3c4c2csc4-c2cccc4c5c6ccccc6ccc5n3c24)cc1. The molecule has 0 radical (unpaired) electrons. The highest BCUT2D eigenvalue weighted by molar-refractivity contribution is 7.17. The number of aromatic nitrogens is 1. The van der Waals surface area contributed by atoms with E-state index in [1.165, 1.54) is 71.0 Å². The van der Waals surface area contributed by atoms with Gasteiger partial charge in [-0.1, -0.05) is 84.9 Å². The Morgan fingerprint density at radius 1 is 0.639 bits per heavy atom. The zero-order valence-corrected chi connectivity index (χ0v) is 20.2. The first kappa shape index (κ1) is 19.0. The van der Waals surface area contributed by atoms with Crippen LogP contribution in [0.3, 0.4) is 0 Å². The van der Waals surface area contributed by atoms with Crippen LogP contribution in [0.2, 0.25) is 0 Å². The van der Waals surface area contributed by atoms with Crippen molar-refractivity contribution in [3.05, 3.63) is 115 Å². The Kier molecular flexibility index (Phi) is 3.52. The predicted octanol–water partition coefficient (Wildman–Crippen LogP) is 7.43. The molecule has 4 heterocycles. The summed E-state index contributed by atoms with van der Waals surface area (Å²) in [6.45, 7) is 0.147. The quantitative estimate of drug-likeness (QED) is 0.225. The second kappa shape index (κ2) is 6.69. The molecule has 0 amide bonds. The molecular formula is C32H19BN2S. The highest BCUT2D eigenvalue weighted by Crippen LogP contribution is 2.48. The van der Waals surface area contributed by atoms with Crippen LogP contribution in [0.25, 0.3) is 43.0 Å².